The van der Waals surface area contributed by atoms with E-state index in [-0.39, 0.29) is 17.7 Å². The van der Waals surface area contributed by atoms with Crippen molar-refractivity contribution in [1.29, 1.82) is 0 Å². The van der Waals surface area contributed by atoms with Crippen LogP contribution in [0.15, 0.2) is 36.9 Å². The van der Waals surface area contributed by atoms with Crippen molar-refractivity contribution < 1.29 is 34.0 Å². The summed E-state index contributed by atoms with van der Waals surface area (Å²) in [7, 11) is -1.42. The second-order valence-corrected chi connectivity index (χ2v) is 14.6. The molecule has 0 radical (unpaired) electrons. The van der Waals surface area contributed by atoms with E-state index in [0.29, 0.717) is 6.61 Å². The predicted molar refractivity (Wildman–Crippen MR) is 117 cm³/mol. The Morgan fingerprint density at radius 3 is 2.29 bits per heavy atom. The number of amides is 2. The highest BCUT2D eigenvalue weighted by molar-refractivity contribution is 6.76. The summed E-state index contributed by atoms with van der Waals surface area (Å²) in [5, 5.41) is 20.5. The lowest BCUT2D eigenvalue weighted by molar-refractivity contribution is -0.283. The Bertz CT molecular complexity index is 789. The molecule has 0 bridgehead atoms. The first-order chi connectivity index (χ1) is 14.7. The molecule has 2 N–H and O–H groups in total. The van der Waals surface area contributed by atoms with Crippen LogP contribution in [0.5, 0.6) is 0 Å². The molecule has 2 heterocycles. The standard InChI is InChI=1S/C22H31NO7Si/c1-5-10-28-19-17(23-20(26)14-8-6-7-9-15(14)21(23)27)22(29-11-12-31(2,3)4)30-16(13-24)18(19)25/h5-9,16-19,22,24-25H,1,10-13H2,2-4H3/t16-,17-,18-,19-,22-/m1/s1. The van der Waals surface area contributed by atoms with Crippen molar-refractivity contribution in [2.24, 2.45) is 0 Å². The van der Waals surface area contributed by atoms with Gasteiger partial charge >= 0.3 is 0 Å². The topological polar surface area (TPSA) is 106 Å². The van der Waals surface area contributed by atoms with Gasteiger partial charge < -0.3 is 24.4 Å². The maximum atomic E-state index is 13.2. The van der Waals surface area contributed by atoms with Gasteiger partial charge in [-0.15, -0.1) is 6.58 Å². The van der Waals surface area contributed by atoms with Gasteiger partial charge in [0, 0.05) is 14.7 Å². The van der Waals surface area contributed by atoms with Gasteiger partial charge in [0.25, 0.3) is 11.8 Å². The zero-order chi connectivity index (χ0) is 22.8. The molecule has 0 aliphatic carbocycles. The number of benzene rings is 1. The van der Waals surface area contributed by atoms with Gasteiger partial charge in [0.1, 0.15) is 24.4 Å². The molecule has 170 valence electrons. The van der Waals surface area contributed by atoms with Crippen molar-refractivity contribution in [3.8, 4) is 0 Å². The third kappa shape index (κ3) is 4.97. The average Bonchev–Trinajstić information content (AvgIpc) is 2.97. The number of hydrogen-bond acceptors (Lipinski definition) is 7. The van der Waals surface area contributed by atoms with E-state index in [0.717, 1.165) is 10.9 Å². The van der Waals surface area contributed by atoms with Crippen molar-refractivity contribution in [3.63, 3.8) is 0 Å². The molecule has 2 amide bonds. The third-order valence-electron chi connectivity index (χ3n) is 5.49. The number of carbonyl (C=O) groups is 2. The number of aliphatic hydroxyl groups excluding tert-OH is 2. The maximum absolute atomic E-state index is 13.2. The molecule has 9 heteroatoms. The summed E-state index contributed by atoms with van der Waals surface area (Å²) in [5.74, 6) is -0.982. The molecule has 2 aliphatic rings. The Hall–Kier alpha value is -1.88. The molecule has 5 atom stereocenters. The summed E-state index contributed by atoms with van der Waals surface area (Å²) < 4.78 is 17.6. The Kier molecular flexibility index (Phi) is 7.46. The number of hydrogen-bond donors (Lipinski definition) is 2. The number of imide groups is 1. The lowest BCUT2D eigenvalue weighted by Crippen LogP contribution is -2.66. The van der Waals surface area contributed by atoms with Crippen molar-refractivity contribution in [2.75, 3.05) is 19.8 Å². The zero-order valence-electron chi connectivity index (χ0n) is 18.2. The highest BCUT2D eigenvalue weighted by atomic mass is 28.3. The lowest BCUT2D eigenvalue weighted by atomic mass is 9.95. The summed E-state index contributed by atoms with van der Waals surface area (Å²) in [5.41, 5.74) is 0.573. The first-order valence-corrected chi connectivity index (χ1v) is 14.2. The van der Waals surface area contributed by atoms with Gasteiger partial charge in [0.15, 0.2) is 6.29 Å². The second-order valence-electron chi connectivity index (χ2n) is 9.00. The van der Waals surface area contributed by atoms with E-state index in [2.05, 4.69) is 26.2 Å². The molecule has 1 aromatic rings. The molecule has 31 heavy (non-hydrogen) atoms. The first kappa shape index (κ1) is 23.8. The van der Waals surface area contributed by atoms with Gasteiger partial charge in [-0.25, -0.2) is 0 Å². The van der Waals surface area contributed by atoms with Crippen LogP contribution >= 0.6 is 0 Å². The smallest absolute Gasteiger partial charge is 0.262 e. The van der Waals surface area contributed by atoms with Gasteiger partial charge in [-0.05, 0) is 18.2 Å². The van der Waals surface area contributed by atoms with Gasteiger partial charge in [-0.3, -0.25) is 14.5 Å². The molecular weight excluding hydrogens is 418 g/mol. The molecular formula is C22H31NO7Si. The van der Waals surface area contributed by atoms with Crippen LogP contribution in [0.1, 0.15) is 20.7 Å². The van der Waals surface area contributed by atoms with Crippen LogP contribution in [0.4, 0.5) is 0 Å². The number of nitrogens with zero attached hydrogens (tertiary/aromatic N) is 1. The van der Waals surface area contributed by atoms with Crippen molar-refractivity contribution >= 4 is 19.9 Å². The van der Waals surface area contributed by atoms with Crippen LogP contribution in [0, 0.1) is 0 Å². The second kappa shape index (κ2) is 9.72. The van der Waals surface area contributed by atoms with E-state index in [1.54, 1.807) is 24.3 Å². The summed E-state index contributed by atoms with van der Waals surface area (Å²) in [6.45, 7) is 10.2. The van der Waals surface area contributed by atoms with Crippen LogP contribution in [0.3, 0.4) is 0 Å². The first-order valence-electron chi connectivity index (χ1n) is 10.4. The molecule has 0 unspecified atom stereocenters. The Balaban J connectivity index is 1.96. The number of aliphatic hydroxyl groups is 2. The SMILES string of the molecule is C=CCO[C@H]1[C@H](O)[C@@H](CO)O[C@@H](OCC[Si](C)(C)C)[C@@H]1N1C(=O)c2ccccc2C1=O. The number of carbonyl (C=O) groups excluding carboxylic acids is 2. The van der Waals surface area contributed by atoms with E-state index >= 15 is 0 Å². The van der Waals surface area contributed by atoms with E-state index in [1.165, 1.54) is 6.08 Å². The number of rotatable bonds is 9. The average molecular weight is 450 g/mol. The molecule has 3 rings (SSSR count). The van der Waals surface area contributed by atoms with Crippen LogP contribution in [0.25, 0.3) is 0 Å². The van der Waals surface area contributed by atoms with Gasteiger partial charge in [-0.1, -0.05) is 37.8 Å². The summed E-state index contributed by atoms with van der Waals surface area (Å²) >= 11 is 0. The fourth-order valence-electron chi connectivity index (χ4n) is 3.80. The van der Waals surface area contributed by atoms with Crippen molar-refractivity contribution in [2.45, 2.75) is 56.3 Å². The largest absolute Gasteiger partial charge is 0.394 e. The minimum absolute atomic E-state index is 0.0845. The molecule has 1 saturated heterocycles. The van der Waals surface area contributed by atoms with Crippen LogP contribution in [-0.4, -0.2) is 85.5 Å². The van der Waals surface area contributed by atoms with Crippen LogP contribution in [0.2, 0.25) is 25.7 Å². The molecule has 2 aliphatic heterocycles. The fraction of sp³-hybridized carbons (Fsp3) is 0.545. The Morgan fingerprint density at radius 2 is 1.77 bits per heavy atom. The highest BCUT2D eigenvalue weighted by Gasteiger charge is 2.54. The normalized spacial score (nSPS) is 28.7. The molecule has 0 saturated carbocycles. The zero-order valence-corrected chi connectivity index (χ0v) is 19.2. The van der Waals surface area contributed by atoms with Gasteiger partial charge in [0.05, 0.1) is 24.3 Å². The summed E-state index contributed by atoms with van der Waals surface area (Å²) in [6.07, 6.45) is -2.79. The third-order valence-corrected chi connectivity index (χ3v) is 7.19. The van der Waals surface area contributed by atoms with E-state index < -0.39 is 57.1 Å². The molecule has 0 aromatic heterocycles. The predicted octanol–water partition coefficient (Wildman–Crippen LogP) is 1.66. The van der Waals surface area contributed by atoms with Gasteiger partial charge in [-0.2, -0.15) is 0 Å². The monoisotopic (exact) mass is 449 g/mol. The lowest BCUT2D eigenvalue weighted by Gasteiger charge is -2.46. The van der Waals surface area contributed by atoms with Crippen LogP contribution < -0.4 is 0 Å². The Morgan fingerprint density at radius 1 is 1.16 bits per heavy atom. The Labute approximate surface area is 183 Å². The van der Waals surface area contributed by atoms with Crippen molar-refractivity contribution in [3.05, 3.63) is 48.0 Å². The van der Waals surface area contributed by atoms with E-state index in [4.69, 9.17) is 14.2 Å². The van der Waals surface area contributed by atoms with E-state index in [9.17, 15) is 19.8 Å². The van der Waals surface area contributed by atoms with Crippen LogP contribution in [-0.2, 0) is 14.2 Å². The van der Waals surface area contributed by atoms with Crippen molar-refractivity contribution in [1.82, 2.24) is 4.90 Å². The molecule has 0 spiro atoms. The number of fused-ring (bicyclic) bond motifs is 1. The molecule has 1 fully saturated rings. The van der Waals surface area contributed by atoms with Gasteiger partial charge in [0.2, 0.25) is 0 Å². The molecule has 1 aromatic carbocycles. The summed E-state index contributed by atoms with van der Waals surface area (Å²) in [6, 6.07) is 6.38. The highest BCUT2D eigenvalue weighted by Crippen LogP contribution is 2.34. The fourth-order valence-corrected chi connectivity index (χ4v) is 4.53. The minimum Gasteiger partial charge on any atom is -0.394 e. The quantitative estimate of drug-likeness (QED) is 0.335. The number of ether oxygens (including phenoxy) is 3. The molecule has 8 nitrogen and oxygen atoms in total. The van der Waals surface area contributed by atoms with E-state index in [1.807, 2.05) is 0 Å². The minimum atomic E-state index is -1.42. The maximum Gasteiger partial charge on any atom is 0.262 e. The summed E-state index contributed by atoms with van der Waals surface area (Å²) in [4.78, 5) is 27.4.